The Kier molecular flexibility index (Phi) is 4.41. The SMILES string of the molecule is CCNC(CC1Cc2ccccc21)c1c(F)cccc1Br. The van der Waals surface area contributed by atoms with Gasteiger partial charge in [0.25, 0.3) is 0 Å². The Morgan fingerprint density at radius 2 is 2.05 bits per heavy atom. The molecule has 1 aliphatic carbocycles. The van der Waals surface area contributed by atoms with Gasteiger partial charge in [0.1, 0.15) is 5.82 Å². The molecule has 3 heteroatoms. The third kappa shape index (κ3) is 2.90. The van der Waals surface area contributed by atoms with Gasteiger partial charge in [0.15, 0.2) is 0 Å². The summed E-state index contributed by atoms with van der Waals surface area (Å²) in [5.74, 6) is 0.389. The van der Waals surface area contributed by atoms with E-state index < -0.39 is 0 Å². The van der Waals surface area contributed by atoms with Crippen molar-refractivity contribution in [3.8, 4) is 0 Å². The molecule has 110 valence electrons. The van der Waals surface area contributed by atoms with Crippen LogP contribution in [0.25, 0.3) is 0 Å². The third-order valence-electron chi connectivity index (χ3n) is 4.28. The largest absolute Gasteiger partial charge is 0.310 e. The van der Waals surface area contributed by atoms with Crippen molar-refractivity contribution in [2.24, 2.45) is 0 Å². The van der Waals surface area contributed by atoms with Gasteiger partial charge in [0.2, 0.25) is 0 Å². The van der Waals surface area contributed by atoms with Crippen molar-refractivity contribution in [1.82, 2.24) is 5.32 Å². The molecule has 2 atom stereocenters. The van der Waals surface area contributed by atoms with E-state index in [1.807, 2.05) is 6.07 Å². The zero-order valence-corrected chi connectivity index (χ0v) is 13.7. The van der Waals surface area contributed by atoms with Crippen molar-refractivity contribution in [2.45, 2.75) is 31.7 Å². The molecule has 2 aromatic rings. The maximum absolute atomic E-state index is 14.2. The Hall–Kier alpha value is -1.19. The molecule has 0 aliphatic heterocycles. The highest BCUT2D eigenvalue weighted by Gasteiger charge is 2.30. The summed E-state index contributed by atoms with van der Waals surface area (Å²) in [5.41, 5.74) is 3.61. The van der Waals surface area contributed by atoms with E-state index in [0.717, 1.165) is 29.4 Å². The first kappa shape index (κ1) is 14.7. The van der Waals surface area contributed by atoms with Crippen LogP contribution in [0.5, 0.6) is 0 Å². The standard InChI is InChI=1S/C18H19BrFN/c1-2-21-17(18-15(19)8-5-9-16(18)20)11-13-10-12-6-3-4-7-14(12)13/h3-9,13,17,21H,2,10-11H2,1H3. The van der Waals surface area contributed by atoms with Crippen LogP contribution in [0.4, 0.5) is 4.39 Å². The second-order valence-electron chi connectivity index (χ2n) is 5.58. The van der Waals surface area contributed by atoms with E-state index in [1.54, 1.807) is 12.1 Å². The Morgan fingerprint density at radius 1 is 1.24 bits per heavy atom. The molecule has 0 amide bonds. The molecule has 0 fully saturated rings. The highest BCUT2D eigenvalue weighted by atomic mass is 79.9. The van der Waals surface area contributed by atoms with Crippen molar-refractivity contribution in [1.29, 1.82) is 0 Å². The van der Waals surface area contributed by atoms with E-state index in [-0.39, 0.29) is 11.9 Å². The van der Waals surface area contributed by atoms with Crippen LogP contribution in [-0.4, -0.2) is 6.54 Å². The van der Waals surface area contributed by atoms with Gasteiger partial charge in [-0.25, -0.2) is 4.39 Å². The first-order valence-electron chi connectivity index (χ1n) is 7.45. The molecule has 0 bridgehead atoms. The van der Waals surface area contributed by atoms with Gasteiger partial charge >= 0.3 is 0 Å². The minimum atomic E-state index is -0.136. The van der Waals surface area contributed by atoms with Gasteiger partial charge in [-0.1, -0.05) is 53.2 Å². The maximum Gasteiger partial charge on any atom is 0.129 e. The highest BCUT2D eigenvalue weighted by molar-refractivity contribution is 9.10. The first-order chi connectivity index (χ1) is 10.2. The molecule has 3 rings (SSSR count). The molecule has 0 aromatic heterocycles. The molecule has 0 saturated heterocycles. The lowest BCUT2D eigenvalue weighted by Crippen LogP contribution is -2.28. The lowest BCUT2D eigenvalue weighted by atomic mass is 9.73. The van der Waals surface area contributed by atoms with E-state index in [0.29, 0.717) is 5.92 Å². The van der Waals surface area contributed by atoms with E-state index in [2.05, 4.69) is 52.4 Å². The zero-order chi connectivity index (χ0) is 14.8. The minimum absolute atomic E-state index is 0.0453. The van der Waals surface area contributed by atoms with Gasteiger partial charge in [0, 0.05) is 16.1 Å². The van der Waals surface area contributed by atoms with Gasteiger partial charge in [-0.3, -0.25) is 0 Å². The van der Waals surface area contributed by atoms with Crippen molar-refractivity contribution in [3.63, 3.8) is 0 Å². The molecule has 0 heterocycles. The second kappa shape index (κ2) is 6.29. The normalized spacial score (nSPS) is 18.0. The number of nitrogens with one attached hydrogen (secondary N) is 1. The Bertz CT molecular complexity index is 621. The molecule has 21 heavy (non-hydrogen) atoms. The van der Waals surface area contributed by atoms with Crippen LogP contribution >= 0.6 is 15.9 Å². The predicted molar refractivity (Wildman–Crippen MR) is 88.0 cm³/mol. The lowest BCUT2D eigenvalue weighted by molar-refractivity contribution is 0.421. The first-order valence-corrected chi connectivity index (χ1v) is 8.25. The number of hydrogen-bond acceptors (Lipinski definition) is 1. The van der Waals surface area contributed by atoms with Crippen molar-refractivity contribution in [3.05, 3.63) is 69.4 Å². The van der Waals surface area contributed by atoms with Crippen molar-refractivity contribution >= 4 is 15.9 Å². The number of fused-ring (bicyclic) bond motifs is 1. The number of hydrogen-bond donors (Lipinski definition) is 1. The summed E-state index contributed by atoms with van der Waals surface area (Å²) in [5, 5.41) is 3.44. The van der Waals surface area contributed by atoms with E-state index in [1.165, 1.54) is 11.1 Å². The highest BCUT2D eigenvalue weighted by Crippen LogP contribution is 2.42. The average Bonchev–Trinajstić information content (AvgIpc) is 2.44. The van der Waals surface area contributed by atoms with E-state index in [9.17, 15) is 4.39 Å². The average molecular weight is 348 g/mol. The monoisotopic (exact) mass is 347 g/mol. The van der Waals surface area contributed by atoms with Crippen LogP contribution in [0.2, 0.25) is 0 Å². The molecule has 0 saturated carbocycles. The van der Waals surface area contributed by atoms with Crippen molar-refractivity contribution in [2.75, 3.05) is 6.54 Å². The quantitative estimate of drug-likeness (QED) is 0.805. The van der Waals surface area contributed by atoms with Crippen LogP contribution in [0, 0.1) is 5.82 Å². The third-order valence-corrected chi connectivity index (χ3v) is 4.97. The fraction of sp³-hybridized carbons (Fsp3) is 0.333. The fourth-order valence-electron chi connectivity index (χ4n) is 3.25. The molecule has 2 unspecified atom stereocenters. The van der Waals surface area contributed by atoms with Gasteiger partial charge in [-0.2, -0.15) is 0 Å². The smallest absolute Gasteiger partial charge is 0.129 e. The second-order valence-corrected chi connectivity index (χ2v) is 6.44. The molecular weight excluding hydrogens is 329 g/mol. The summed E-state index contributed by atoms with van der Waals surface area (Å²) in [6.07, 6.45) is 2.04. The zero-order valence-electron chi connectivity index (χ0n) is 12.1. The van der Waals surface area contributed by atoms with Crippen LogP contribution in [-0.2, 0) is 6.42 Å². The van der Waals surface area contributed by atoms with Gasteiger partial charge < -0.3 is 5.32 Å². The fourth-order valence-corrected chi connectivity index (χ4v) is 3.87. The van der Waals surface area contributed by atoms with Gasteiger partial charge in [-0.15, -0.1) is 0 Å². The molecule has 0 radical (unpaired) electrons. The van der Waals surface area contributed by atoms with Crippen molar-refractivity contribution < 1.29 is 4.39 Å². The molecule has 1 N–H and O–H groups in total. The van der Waals surface area contributed by atoms with E-state index in [4.69, 9.17) is 0 Å². The predicted octanol–water partition coefficient (Wildman–Crippen LogP) is 4.97. The molecule has 1 nitrogen and oxygen atoms in total. The van der Waals surface area contributed by atoms with Crippen LogP contribution in [0.1, 0.15) is 42.0 Å². The molecule has 0 spiro atoms. The molecular formula is C18H19BrFN. The van der Waals surface area contributed by atoms with Crippen LogP contribution in [0.3, 0.4) is 0 Å². The molecule has 2 aromatic carbocycles. The van der Waals surface area contributed by atoms with Gasteiger partial charge in [-0.05, 0) is 48.6 Å². The summed E-state index contributed by atoms with van der Waals surface area (Å²) in [7, 11) is 0. The maximum atomic E-state index is 14.2. The summed E-state index contributed by atoms with van der Waals surface area (Å²) < 4.78 is 15.1. The summed E-state index contributed by atoms with van der Waals surface area (Å²) in [4.78, 5) is 0. The minimum Gasteiger partial charge on any atom is -0.310 e. The number of halogens is 2. The van der Waals surface area contributed by atoms with Gasteiger partial charge in [0.05, 0.1) is 0 Å². The lowest BCUT2D eigenvalue weighted by Gasteiger charge is -2.34. The summed E-state index contributed by atoms with van der Waals surface area (Å²) in [6, 6.07) is 13.8. The van der Waals surface area contributed by atoms with Crippen LogP contribution in [0.15, 0.2) is 46.9 Å². The topological polar surface area (TPSA) is 12.0 Å². The van der Waals surface area contributed by atoms with Crippen LogP contribution < -0.4 is 5.32 Å². The summed E-state index contributed by atoms with van der Waals surface area (Å²) in [6.45, 7) is 2.90. The van der Waals surface area contributed by atoms with E-state index >= 15 is 0 Å². The summed E-state index contributed by atoms with van der Waals surface area (Å²) >= 11 is 3.50. The number of rotatable bonds is 5. The number of benzene rings is 2. The molecule has 1 aliphatic rings. The Morgan fingerprint density at radius 3 is 2.76 bits per heavy atom. The Balaban J connectivity index is 1.84. The Labute approximate surface area is 133 Å².